The first-order valence-electron chi connectivity index (χ1n) is 11.6. The van der Waals surface area contributed by atoms with Crippen molar-refractivity contribution in [3.63, 3.8) is 0 Å². The molecule has 0 atom stereocenters. The topological polar surface area (TPSA) is 77.1 Å². The summed E-state index contributed by atoms with van der Waals surface area (Å²) in [6.45, 7) is 3.05. The van der Waals surface area contributed by atoms with Gasteiger partial charge in [0.2, 0.25) is 0 Å². The summed E-state index contributed by atoms with van der Waals surface area (Å²) >= 11 is 0. The quantitative estimate of drug-likeness (QED) is 0.0894. The number of ether oxygens (including phenoxy) is 1. The van der Waals surface area contributed by atoms with Gasteiger partial charge in [-0.25, -0.2) is 4.89 Å². The van der Waals surface area contributed by atoms with Gasteiger partial charge in [0.15, 0.2) is 0 Å². The number of aliphatic imine (C=N–C) groups is 1. The molecule has 5 nitrogen and oxygen atoms in total. The van der Waals surface area contributed by atoms with E-state index in [2.05, 4.69) is 16.8 Å². The summed E-state index contributed by atoms with van der Waals surface area (Å²) < 4.78 is 5.49. The Hall–Kier alpha value is -1.59. The average Bonchev–Trinajstić information content (AvgIpc) is 2.72. The van der Waals surface area contributed by atoms with E-state index in [0.717, 1.165) is 17.7 Å². The molecule has 5 heteroatoms. The van der Waals surface area contributed by atoms with Crippen LogP contribution in [0.3, 0.4) is 0 Å². The lowest BCUT2D eigenvalue weighted by Gasteiger charge is -2.06. The van der Waals surface area contributed by atoms with Crippen LogP contribution in [0, 0.1) is 0 Å². The number of benzene rings is 1. The fourth-order valence-electron chi connectivity index (χ4n) is 3.37. The van der Waals surface area contributed by atoms with Crippen LogP contribution in [-0.4, -0.2) is 17.9 Å². The summed E-state index contributed by atoms with van der Waals surface area (Å²) in [4.78, 5) is 8.33. The molecular weight excluding hydrogens is 364 g/mol. The Labute approximate surface area is 177 Å². The molecule has 0 aliphatic rings. The predicted octanol–water partition coefficient (Wildman–Crippen LogP) is 7.12. The first kappa shape index (κ1) is 25.4. The van der Waals surface area contributed by atoms with Crippen LogP contribution in [0.2, 0.25) is 0 Å². The monoisotopic (exact) mass is 406 g/mol. The SMILES string of the molecule is CCCCCCCCCCCCCCCCOC(N)=Nc1ccc(COO)cc1. The van der Waals surface area contributed by atoms with Crippen LogP contribution in [0.4, 0.5) is 5.69 Å². The lowest BCUT2D eigenvalue weighted by Crippen LogP contribution is -2.16. The second-order valence-corrected chi connectivity index (χ2v) is 7.83. The van der Waals surface area contributed by atoms with E-state index in [0.29, 0.717) is 6.61 Å². The molecule has 0 saturated heterocycles. The lowest BCUT2D eigenvalue weighted by molar-refractivity contribution is -0.253. The molecule has 29 heavy (non-hydrogen) atoms. The van der Waals surface area contributed by atoms with E-state index in [1.54, 1.807) is 0 Å². The second-order valence-electron chi connectivity index (χ2n) is 7.83. The van der Waals surface area contributed by atoms with Crippen molar-refractivity contribution in [2.24, 2.45) is 10.7 Å². The number of hydrogen-bond acceptors (Lipinski definition) is 4. The molecule has 0 saturated carbocycles. The van der Waals surface area contributed by atoms with Gasteiger partial charge in [0.05, 0.1) is 12.3 Å². The van der Waals surface area contributed by atoms with Gasteiger partial charge in [0.25, 0.3) is 6.02 Å². The molecule has 0 heterocycles. The van der Waals surface area contributed by atoms with Crippen LogP contribution in [0.15, 0.2) is 29.3 Å². The van der Waals surface area contributed by atoms with Crippen molar-refractivity contribution in [3.8, 4) is 0 Å². The Balaban J connectivity index is 1.91. The molecule has 1 rings (SSSR count). The van der Waals surface area contributed by atoms with Gasteiger partial charge in [0.1, 0.15) is 6.61 Å². The maximum absolute atomic E-state index is 8.43. The highest BCUT2D eigenvalue weighted by atomic mass is 17.1. The van der Waals surface area contributed by atoms with Gasteiger partial charge in [-0.15, -0.1) is 0 Å². The first-order valence-corrected chi connectivity index (χ1v) is 11.6. The summed E-state index contributed by atoms with van der Waals surface area (Å²) in [5.41, 5.74) is 7.42. The van der Waals surface area contributed by atoms with Crippen LogP contribution >= 0.6 is 0 Å². The van der Waals surface area contributed by atoms with E-state index in [-0.39, 0.29) is 12.6 Å². The van der Waals surface area contributed by atoms with Gasteiger partial charge in [-0.05, 0) is 24.1 Å². The molecular formula is C24H42N2O3. The second kappa shape index (κ2) is 18.4. The summed E-state index contributed by atoms with van der Waals surface area (Å²) in [6.07, 6.45) is 18.8. The molecule has 0 bridgehead atoms. The highest BCUT2D eigenvalue weighted by Gasteiger charge is 1.98. The standard InChI is InChI=1S/C24H42N2O3/c1-2-3-4-5-6-7-8-9-10-11-12-13-14-15-20-28-24(25)26-23-18-16-22(17-19-23)21-29-27/h16-19,27H,2-15,20-21H2,1H3,(H2,25,26). The van der Waals surface area contributed by atoms with Crippen molar-refractivity contribution in [2.75, 3.05) is 6.61 Å². The van der Waals surface area contributed by atoms with Gasteiger partial charge in [0, 0.05) is 0 Å². The van der Waals surface area contributed by atoms with E-state index in [1.807, 2.05) is 24.3 Å². The highest BCUT2D eigenvalue weighted by Crippen LogP contribution is 2.14. The fourth-order valence-corrected chi connectivity index (χ4v) is 3.37. The van der Waals surface area contributed by atoms with Gasteiger partial charge >= 0.3 is 0 Å². The third-order valence-electron chi connectivity index (χ3n) is 5.15. The minimum Gasteiger partial charge on any atom is -0.465 e. The first-order chi connectivity index (χ1) is 14.3. The number of unbranched alkanes of at least 4 members (excludes halogenated alkanes) is 13. The number of nitrogens with two attached hydrogens (primary N) is 1. The molecule has 0 aliphatic heterocycles. The highest BCUT2D eigenvalue weighted by molar-refractivity contribution is 5.75. The van der Waals surface area contributed by atoms with E-state index < -0.39 is 0 Å². The lowest BCUT2D eigenvalue weighted by atomic mass is 10.0. The Morgan fingerprint density at radius 2 is 1.28 bits per heavy atom. The van der Waals surface area contributed by atoms with E-state index in [9.17, 15) is 0 Å². The normalized spacial score (nSPS) is 11.7. The smallest absolute Gasteiger partial charge is 0.287 e. The molecule has 1 aromatic carbocycles. The van der Waals surface area contributed by atoms with Gasteiger partial charge in [-0.1, -0.05) is 103 Å². The fraction of sp³-hybridized carbons (Fsp3) is 0.708. The van der Waals surface area contributed by atoms with Crippen molar-refractivity contribution in [1.82, 2.24) is 0 Å². The third-order valence-corrected chi connectivity index (χ3v) is 5.15. The summed E-state index contributed by atoms with van der Waals surface area (Å²) in [5, 5.41) is 8.43. The zero-order valence-corrected chi connectivity index (χ0v) is 18.4. The maximum atomic E-state index is 8.43. The maximum Gasteiger partial charge on any atom is 0.287 e. The molecule has 0 unspecified atom stereocenters. The summed E-state index contributed by atoms with van der Waals surface area (Å²) in [5.74, 6) is 0. The third kappa shape index (κ3) is 15.0. The van der Waals surface area contributed by atoms with Crippen LogP contribution in [-0.2, 0) is 16.2 Å². The van der Waals surface area contributed by atoms with Crippen LogP contribution in [0.5, 0.6) is 0 Å². The number of nitrogens with zero attached hydrogens (tertiary/aromatic N) is 1. The van der Waals surface area contributed by atoms with E-state index >= 15 is 0 Å². The molecule has 0 spiro atoms. The Morgan fingerprint density at radius 3 is 1.76 bits per heavy atom. The van der Waals surface area contributed by atoms with Crippen molar-refractivity contribution in [2.45, 2.75) is 103 Å². The number of amidine groups is 1. The van der Waals surface area contributed by atoms with E-state index in [1.165, 1.54) is 83.5 Å². The zero-order valence-electron chi connectivity index (χ0n) is 18.4. The van der Waals surface area contributed by atoms with E-state index in [4.69, 9.17) is 15.7 Å². The number of rotatable bonds is 18. The Bertz CT molecular complexity index is 517. The molecule has 0 radical (unpaired) electrons. The molecule has 166 valence electrons. The van der Waals surface area contributed by atoms with Crippen molar-refractivity contribution in [3.05, 3.63) is 29.8 Å². The molecule has 3 N–H and O–H groups in total. The minimum absolute atomic E-state index is 0.162. The molecule has 0 amide bonds. The molecule has 0 aromatic heterocycles. The summed E-state index contributed by atoms with van der Waals surface area (Å²) in [7, 11) is 0. The average molecular weight is 407 g/mol. The van der Waals surface area contributed by atoms with Gasteiger partial charge < -0.3 is 10.5 Å². The zero-order chi connectivity index (χ0) is 21.0. The van der Waals surface area contributed by atoms with Crippen LogP contribution < -0.4 is 5.73 Å². The van der Waals surface area contributed by atoms with Gasteiger partial charge in [-0.2, -0.15) is 4.99 Å². The van der Waals surface area contributed by atoms with Crippen LogP contribution in [0.25, 0.3) is 0 Å². The Kier molecular flexibility index (Phi) is 16.2. The van der Waals surface area contributed by atoms with Crippen molar-refractivity contribution in [1.29, 1.82) is 0 Å². The minimum atomic E-state index is 0.162. The molecule has 1 aromatic rings. The van der Waals surface area contributed by atoms with Crippen molar-refractivity contribution >= 4 is 11.7 Å². The van der Waals surface area contributed by atoms with Crippen molar-refractivity contribution < 1.29 is 14.9 Å². The summed E-state index contributed by atoms with van der Waals surface area (Å²) in [6, 6.07) is 7.49. The van der Waals surface area contributed by atoms with Crippen LogP contribution in [0.1, 0.15) is 102 Å². The predicted molar refractivity (Wildman–Crippen MR) is 121 cm³/mol. The number of hydrogen-bond donors (Lipinski definition) is 2. The molecule has 0 fully saturated rings. The largest absolute Gasteiger partial charge is 0.465 e. The Morgan fingerprint density at radius 1 is 0.793 bits per heavy atom. The van der Waals surface area contributed by atoms with Gasteiger partial charge in [-0.3, -0.25) is 5.26 Å². The molecule has 0 aliphatic carbocycles.